The molecule has 2 amide bonds. The van der Waals surface area contributed by atoms with Crippen molar-refractivity contribution in [3.63, 3.8) is 0 Å². The molecule has 5 nitrogen and oxygen atoms in total. The van der Waals surface area contributed by atoms with Gasteiger partial charge in [0, 0.05) is 29.6 Å². The number of rotatable bonds is 9. The molecule has 0 unspecified atom stereocenters. The fraction of sp³-hybridized carbons (Fsp3) is 0.263. The van der Waals surface area contributed by atoms with Crippen LogP contribution in [0.4, 0.5) is 0 Å². The summed E-state index contributed by atoms with van der Waals surface area (Å²) in [5, 5.41) is 6.90. The van der Waals surface area contributed by atoms with Crippen LogP contribution in [0.2, 0.25) is 15.1 Å². The summed E-state index contributed by atoms with van der Waals surface area (Å²) in [6.07, 6.45) is 0.999. The van der Waals surface area contributed by atoms with Crippen molar-refractivity contribution in [3.8, 4) is 5.75 Å². The minimum atomic E-state index is -0.309. The second-order valence-corrected chi connectivity index (χ2v) is 6.97. The van der Waals surface area contributed by atoms with E-state index in [9.17, 15) is 9.59 Å². The Balaban J connectivity index is 1.58. The largest absolute Gasteiger partial charge is 0.482 e. The lowest BCUT2D eigenvalue weighted by molar-refractivity contribution is -0.124. The molecule has 27 heavy (non-hydrogen) atoms. The Labute approximate surface area is 172 Å². The molecule has 0 heterocycles. The summed E-state index contributed by atoms with van der Waals surface area (Å²) < 4.78 is 5.33. The van der Waals surface area contributed by atoms with Crippen LogP contribution in [0.25, 0.3) is 0 Å². The first-order valence-corrected chi connectivity index (χ1v) is 9.43. The first-order chi connectivity index (χ1) is 12.9. The predicted octanol–water partition coefficient (Wildman–Crippen LogP) is 3.89. The minimum Gasteiger partial charge on any atom is -0.482 e. The standard InChI is InChI=1S/C19H19Cl3N2O3/c20-14-4-1-13(2-5-14)3-8-18(25)23-9-10-24-19(26)12-27-17-7-6-15(21)11-16(17)22/h1-2,4-7,11H,3,8-10,12H2,(H,23,25)(H,24,26). The van der Waals surface area contributed by atoms with Crippen molar-refractivity contribution < 1.29 is 14.3 Å². The summed E-state index contributed by atoms with van der Waals surface area (Å²) in [5.74, 6) is -0.00783. The van der Waals surface area contributed by atoms with Crippen LogP contribution in [0, 0.1) is 0 Å². The number of ether oxygens (including phenoxy) is 1. The Morgan fingerprint density at radius 2 is 1.48 bits per heavy atom. The zero-order valence-corrected chi connectivity index (χ0v) is 16.7. The molecule has 0 radical (unpaired) electrons. The molecule has 0 spiro atoms. The van der Waals surface area contributed by atoms with E-state index in [1.165, 1.54) is 6.07 Å². The van der Waals surface area contributed by atoms with E-state index in [0.29, 0.717) is 46.7 Å². The average molecular weight is 430 g/mol. The Morgan fingerprint density at radius 1 is 0.852 bits per heavy atom. The van der Waals surface area contributed by atoms with Gasteiger partial charge in [-0.15, -0.1) is 0 Å². The highest BCUT2D eigenvalue weighted by atomic mass is 35.5. The highest BCUT2D eigenvalue weighted by Gasteiger charge is 2.07. The van der Waals surface area contributed by atoms with Crippen LogP contribution in [-0.4, -0.2) is 31.5 Å². The lowest BCUT2D eigenvalue weighted by Gasteiger charge is -2.09. The minimum absolute atomic E-state index is 0.0802. The maximum absolute atomic E-state index is 11.8. The normalized spacial score (nSPS) is 10.3. The van der Waals surface area contributed by atoms with Crippen molar-refractivity contribution in [2.75, 3.05) is 19.7 Å². The monoisotopic (exact) mass is 428 g/mol. The van der Waals surface area contributed by atoms with E-state index < -0.39 is 0 Å². The highest BCUT2D eigenvalue weighted by Crippen LogP contribution is 2.27. The molecule has 2 aromatic carbocycles. The zero-order valence-electron chi connectivity index (χ0n) is 14.4. The maximum Gasteiger partial charge on any atom is 0.258 e. The van der Waals surface area contributed by atoms with Gasteiger partial charge in [0.05, 0.1) is 5.02 Å². The van der Waals surface area contributed by atoms with E-state index in [1.807, 2.05) is 12.1 Å². The first kappa shape index (κ1) is 21.4. The molecule has 0 saturated heterocycles. The second kappa shape index (κ2) is 11.0. The molecular weight excluding hydrogens is 411 g/mol. The Hall–Kier alpha value is -1.95. The summed E-state index contributed by atoms with van der Waals surface area (Å²) >= 11 is 17.6. The van der Waals surface area contributed by atoms with Crippen LogP contribution in [0.3, 0.4) is 0 Å². The van der Waals surface area contributed by atoms with Crippen molar-refractivity contribution in [1.29, 1.82) is 0 Å². The number of hydrogen-bond donors (Lipinski definition) is 2. The van der Waals surface area contributed by atoms with Crippen molar-refractivity contribution in [3.05, 3.63) is 63.1 Å². The summed E-state index contributed by atoms with van der Waals surface area (Å²) in [6.45, 7) is 0.474. The van der Waals surface area contributed by atoms with Crippen LogP contribution in [0.5, 0.6) is 5.75 Å². The quantitative estimate of drug-likeness (QED) is 0.594. The summed E-state index contributed by atoms with van der Waals surface area (Å²) in [4.78, 5) is 23.6. The molecule has 0 aromatic heterocycles. The van der Waals surface area contributed by atoms with Gasteiger partial charge in [-0.3, -0.25) is 9.59 Å². The van der Waals surface area contributed by atoms with Crippen molar-refractivity contribution in [1.82, 2.24) is 10.6 Å². The van der Waals surface area contributed by atoms with Crippen LogP contribution in [-0.2, 0) is 16.0 Å². The smallest absolute Gasteiger partial charge is 0.258 e. The molecule has 0 aliphatic carbocycles. The van der Waals surface area contributed by atoms with Gasteiger partial charge in [-0.2, -0.15) is 0 Å². The van der Waals surface area contributed by atoms with Crippen LogP contribution >= 0.6 is 34.8 Å². The molecule has 0 bridgehead atoms. The lowest BCUT2D eigenvalue weighted by Crippen LogP contribution is -2.36. The molecule has 2 N–H and O–H groups in total. The second-order valence-electron chi connectivity index (χ2n) is 5.69. The van der Waals surface area contributed by atoms with Gasteiger partial charge in [0.1, 0.15) is 5.75 Å². The zero-order chi connectivity index (χ0) is 19.6. The fourth-order valence-corrected chi connectivity index (χ4v) is 2.78. The van der Waals surface area contributed by atoms with E-state index in [4.69, 9.17) is 39.5 Å². The molecule has 0 aliphatic heterocycles. The van der Waals surface area contributed by atoms with Gasteiger partial charge < -0.3 is 15.4 Å². The van der Waals surface area contributed by atoms with E-state index in [-0.39, 0.29) is 18.4 Å². The Bertz CT molecular complexity index is 782. The Morgan fingerprint density at radius 3 is 2.15 bits per heavy atom. The number of halogens is 3. The molecule has 0 fully saturated rings. The molecule has 0 saturated carbocycles. The Kier molecular flexibility index (Phi) is 8.72. The van der Waals surface area contributed by atoms with Gasteiger partial charge in [-0.05, 0) is 42.3 Å². The van der Waals surface area contributed by atoms with Gasteiger partial charge in [0.25, 0.3) is 5.91 Å². The predicted molar refractivity (Wildman–Crippen MR) is 108 cm³/mol. The molecule has 0 atom stereocenters. The number of hydrogen-bond acceptors (Lipinski definition) is 3. The molecule has 2 rings (SSSR count). The third-order valence-electron chi connectivity index (χ3n) is 3.58. The third kappa shape index (κ3) is 8.08. The number of aryl methyl sites for hydroxylation is 1. The van der Waals surface area contributed by atoms with Crippen LogP contribution in [0.1, 0.15) is 12.0 Å². The molecule has 0 aliphatic rings. The average Bonchev–Trinajstić information content (AvgIpc) is 2.64. The van der Waals surface area contributed by atoms with Crippen molar-refractivity contribution in [2.24, 2.45) is 0 Å². The number of nitrogens with one attached hydrogen (secondary N) is 2. The van der Waals surface area contributed by atoms with Gasteiger partial charge in [-0.1, -0.05) is 46.9 Å². The number of amides is 2. The first-order valence-electron chi connectivity index (χ1n) is 8.30. The van der Waals surface area contributed by atoms with Gasteiger partial charge in [0.15, 0.2) is 6.61 Å². The van der Waals surface area contributed by atoms with Gasteiger partial charge in [0.2, 0.25) is 5.91 Å². The highest BCUT2D eigenvalue weighted by molar-refractivity contribution is 6.35. The maximum atomic E-state index is 11.8. The van der Waals surface area contributed by atoms with E-state index in [2.05, 4.69) is 10.6 Å². The number of benzene rings is 2. The van der Waals surface area contributed by atoms with Gasteiger partial charge in [-0.25, -0.2) is 0 Å². The van der Waals surface area contributed by atoms with E-state index in [1.54, 1.807) is 24.3 Å². The third-order valence-corrected chi connectivity index (χ3v) is 4.36. The van der Waals surface area contributed by atoms with Crippen LogP contribution in [0.15, 0.2) is 42.5 Å². The summed E-state index contributed by atoms with van der Waals surface area (Å²) in [5.41, 5.74) is 1.04. The molecule has 8 heteroatoms. The summed E-state index contributed by atoms with van der Waals surface area (Å²) in [6, 6.07) is 12.1. The molecular formula is C19H19Cl3N2O3. The fourth-order valence-electron chi connectivity index (χ4n) is 2.19. The van der Waals surface area contributed by atoms with E-state index >= 15 is 0 Å². The van der Waals surface area contributed by atoms with Crippen molar-refractivity contribution in [2.45, 2.75) is 12.8 Å². The SMILES string of the molecule is O=C(CCc1ccc(Cl)cc1)NCCNC(=O)COc1ccc(Cl)cc1Cl. The number of carbonyl (C=O) groups excluding carboxylic acids is 2. The van der Waals surface area contributed by atoms with Crippen molar-refractivity contribution >= 4 is 46.6 Å². The molecule has 144 valence electrons. The topological polar surface area (TPSA) is 67.4 Å². The summed E-state index contributed by atoms with van der Waals surface area (Å²) in [7, 11) is 0. The van der Waals surface area contributed by atoms with Crippen LogP contribution < -0.4 is 15.4 Å². The number of carbonyl (C=O) groups is 2. The lowest BCUT2D eigenvalue weighted by atomic mass is 10.1. The molecule has 2 aromatic rings. The van der Waals surface area contributed by atoms with Gasteiger partial charge >= 0.3 is 0 Å². The van der Waals surface area contributed by atoms with E-state index in [0.717, 1.165) is 5.56 Å².